The standard InChI is InChI=1S/C41H42Cl2FN5O4/c1-3-53-33-21-28(34(42)35(44)31(33)23-47-40(16-17-40)38(51)52)11-15-41(14-7-10-32(39(41,2)43)27-8-5-4-6-9-27)48-37-36-29(12-18-45-37)20-26(22-46-36)24-49-19-13-30(50)25-49/h4-12,14-15,18,20-22,30,47,50H,3,13,16-17,19,23-25H2,1-2H3,(H,45,48)(H,51,52). The number of fused-ring (bicyclic) bond motifs is 1. The van der Waals surface area contributed by atoms with Crippen molar-refractivity contribution in [2.75, 3.05) is 25.0 Å². The molecule has 2 aromatic heterocycles. The summed E-state index contributed by atoms with van der Waals surface area (Å²) in [5.74, 6) is -0.888. The highest BCUT2D eigenvalue weighted by Gasteiger charge is 2.50. The van der Waals surface area contributed by atoms with Gasteiger partial charge in [-0.1, -0.05) is 72.3 Å². The molecule has 53 heavy (non-hydrogen) atoms. The number of benzene rings is 2. The van der Waals surface area contributed by atoms with Crippen molar-refractivity contribution in [3.8, 4) is 5.75 Å². The van der Waals surface area contributed by atoms with Crippen molar-refractivity contribution in [1.82, 2.24) is 20.2 Å². The van der Waals surface area contributed by atoms with Crippen LogP contribution in [-0.4, -0.2) is 72.8 Å². The molecule has 0 amide bonds. The third-order valence-corrected chi connectivity index (χ3v) is 11.4. The Morgan fingerprint density at radius 3 is 2.68 bits per heavy atom. The molecule has 1 saturated carbocycles. The van der Waals surface area contributed by atoms with Crippen LogP contribution in [0.2, 0.25) is 5.02 Å². The molecule has 12 heteroatoms. The topological polar surface area (TPSA) is 120 Å². The first kappa shape index (κ1) is 37.0. The Labute approximate surface area is 318 Å². The number of aliphatic hydroxyl groups is 1. The molecule has 0 spiro atoms. The van der Waals surface area contributed by atoms with Gasteiger partial charge in [0, 0.05) is 49.5 Å². The monoisotopic (exact) mass is 757 g/mol. The molecule has 0 bridgehead atoms. The number of aromatic nitrogens is 2. The zero-order valence-corrected chi connectivity index (χ0v) is 31.1. The number of likely N-dealkylation sites (tertiary alicyclic amines) is 1. The number of aliphatic carboxylic acids is 1. The average molecular weight is 759 g/mol. The number of anilines is 1. The van der Waals surface area contributed by atoms with Crippen LogP contribution in [0.25, 0.3) is 22.6 Å². The Hall–Kier alpha value is -4.32. The van der Waals surface area contributed by atoms with Gasteiger partial charge >= 0.3 is 5.97 Å². The van der Waals surface area contributed by atoms with E-state index in [2.05, 4.69) is 21.6 Å². The van der Waals surface area contributed by atoms with E-state index in [0.717, 1.165) is 35.1 Å². The summed E-state index contributed by atoms with van der Waals surface area (Å²) in [7, 11) is 0. The van der Waals surface area contributed by atoms with Crippen LogP contribution >= 0.6 is 23.2 Å². The predicted octanol–water partition coefficient (Wildman–Crippen LogP) is 7.61. The lowest BCUT2D eigenvalue weighted by Gasteiger charge is -2.45. The van der Waals surface area contributed by atoms with Gasteiger partial charge in [0.1, 0.15) is 16.8 Å². The third-order valence-electron chi connectivity index (χ3n) is 10.5. The van der Waals surface area contributed by atoms with Gasteiger partial charge in [-0.05, 0) is 73.6 Å². The van der Waals surface area contributed by atoms with Crippen LogP contribution in [0.3, 0.4) is 0 Å². The molecule has 4 aromatic rings. The fraction of sp³-hybridized carbons (Fsp3) is 0.341. The Kier molecular flexibility index (Phi) is 10.4. The zero-order chi connectivity index (χ0) is 37.4. The molecule has 2 aromatic carbocycles. The highest BCUT2D eigenvalue weighted by Crippen LogP contribution is 2.48. The first-order valence-electron chi connectivity index (χ1n) is 17.8. The number of nitrogens with zero attached hydrogens (tertiary/aromatic N) is 3. The number of rotatable bonds is 13. The number of carbonyl (C=O) groups is 1. The Morgan fingerprint density at radius 1 is 1.19 bits per heavy atom. The molecule has 7 rings (SSSR count). The van der Waals surface area contributed by atoms with Crippen LogP contribution in [0.4, 0.5) is 10.2 Å². The van der Waals surface area contributed by atoms with Crippen molar-refractivity contribution >= 4 is 57.5 Å². The maximum absolute atomic E-state index is 16.1. The molecule has 4 N–H and O–H groups in total. The average Bonchev–Trinajstić information content (AvgIpc) is 3.84. The highest BCUT2D eigenvalue weighted by molar-refractivity contribution is 6.33. The van der Waals surface area contributed by atoms with E-state index in [1.54, 1.807) is 25.3 Å². The minimum absolute atomic E-state index is 0.0577. The molecule has 3 unspecified atom stereocenters. The van der Waals surface area contributed by atoms with Crippen molar-refractivity contribution in [2.45, 2.75) is 68.3 Å². The number of hydrogen-bond donors (Lipinski definition) is 4. The quantitative estimate of drug-likeness (QED) is 0.102. The van der Waals surface area contributed by atoms with Gasteiger partial charge in [-0.25, -0.2) is 9.37 Å². The van der Waals surface area contributed by atoms with E-state index in [4.69, 9.17) is 37.9 Å². The number of halogens is 3. The van der Waals surface area contributed by atoms with Crippen LogP contribution in [0.15, 0.2) is 85.2 Å². The van der Waals surface area contributed by atoms with Crippen molar-refractivity contribution in [2.24, 2.45) is 0 Å². The minimum atomic E-state index is -1.15. The van der Waals surface area contributed by atoms with Gasteiger partial charge in [-0.2, -0.15) is 0 Å². The lowest BCUT2D eigenvalue weighted by Crippen LogP contribution is -2.53. The molecular formula is C41H42Cl2FN5O4. The number of carboxylic acid groups (broad SMARTS) is 1. The lowest BCUT2D eigenvalue weighted by molar-refractivity contribution is -0.140. The van der Waals surface area contributed by atoms with E-state index in [1.165, 1.54) is 0 Å². The number of nitrogens with one attached hydrogen (secondary N) is 2. The van der Waals surface area contributed by atoms with Gasteiger partial charge < -0.3 is 20.3 Å². The first-order chi connectivity index (χ1) is 25.4. The minimum Gasteiger partial charge on any atom is -0.493 e. The van der Waals surface area contributed by atoms with Gasteiger partial charge in [-0.3, -0.25) is 20.0 Å². The summed E-state index contributed by atoms with van der Waals surface area (Å²) in [6.07, 6.45) is 14.4. The van der Waals surface area contributed by atoms with Crippen LogP contribution < -0.4 is 15.4 Å². The molecule has 2 aliphatic carbocycles. The van der Waals surface area contributed by atoms with Crippen LogP contribution in [-0.2, 0) is 17.9 Å². The smallest absolute Gasteiger partial charge is 0.323 e. The van der Waals surface area contributed by atoms with E-state index in [1.807, 2.05) is 73.8 Å². The van der Waals surface area contributed by atoms with E-state index in [0.29, 0.717) is 42.8 Å². The Bertz CT molecular complexity index is 2120. The number of aliphatic hydroxyl groups excluding tert-OH is 1. The van der Waals surface area contributed by atoms with Crippen molar-refractivity contribution in [1.29, 1.82) is 0 Å². The van der Waals surface area contributed by atoms with Gasteiger partial charge in [0.15, 0.2) is 11.6 Å². The largest absolute Gasteiger partial charge is 0.493 e. The van der Waals surface area contributed by atoms with Gasteiger partial charge in [0.25, 0.3) is 0 Å². The molecule has 276 valence electrons. The number of ether oxygens (including phenoxy) is 1. The highest BCUT2D eigenvalue weighted by atomic mass is 35.5. The Balaban J connectivity index is 1.28. The van der Waals surface area contributed by atoms with E-state index >= 15 is 4.39 Å². The van der Waals surface area contributed by atoms with Crippen molar-refractivity contribution in [3.05, 3.63) is 118 Å². The summed E-state index contributed by atoms with van der Waals surface area (Å²) in [5.41, 5.74) is 1.77. The maximum Gasteiger partial charge on any atom is 0.323 e. The molecule has 2 fully saturated rings. The zero-order valence-electron chi connectivity index (χ0n) is 29.6. The predicted molar refractivity (Wildman–Crippen MR) is 208 cm³/mol. The number of allylic oxidation sites excluding steroid dienone is 2. The molecule has 3 atom stereocenters. The summed E-state index contributed by atoms with van der Waals surface area (Å²) in [6, 6.07) is 15.5. The number of hydrogen-bond acceptors (Lipinski definition) is 8. The number of β-amino-alcohol motifs (C(OH)–C–C–N with tert-alkyl or cyclic N) is 1. The number of alkyl halides is 1. The number of carboxylic acids is 1. The second-order valence-electron chi connectivity index (χ2n) is 14.1. The maximum atomic E-state index is 16.1. The summed E-state index contributed by atoms with van der Waals surface area (Å²) >= 11 is 14.4. The third kappa shape index (κ3) is 7.31. The molecule has 0 radical (unpaired) electrons. The molecule has 3 aliphatic rings. The SMILES string of the molecule is CCOc1cc(C=CC2(Nc3nccc4cc(CN5CCC(O)C5)cnc34)C=CC=C(c3ccccc3)C2(C)Cl)c(Cl)c(F)c1CNC1(C(=O)O)CC1. The fourth-order valence-electron chi connectivity index (χ4n) is 7.22. The van der Waals surface area contributed by atoms with Gasteiger partial charge in [0.05, 0.1) is 28.1 Å². The van der Waals surface area contributed by atoms with Crippen molar-refractivity contribution in [3.63, 3.8) is 0 Å². The normalized spacial score (nSPS) is 23.7. The van der Waals surface area contributed by atoms with E-state index in [-0.39, 0.29) is 35.6 Å². The summed E-state index contributed by atoms with van der Waals surface area (Å²) < 4.78 is 22.0. The second kappa shape index (κ2) is 14.8. The molecule has 1 saturated heterocycles. The summed E-state index contributed by atoms with van der Waals surface area (Å²) in [4.78, 5) is 22.5. The fourth-order valence-corrected chi connectivity index (χ4v) is 7.80. The summed E-state index contributed by atoms with van der Waals surface area (Å²) in [6.45, 7) is 6.08. The van der Waals surface area contributed by atoms with Crippen LogP contribution in [0, 0.1) is 5.82 Å². The first-order valence-corrected chi connectivity index (χ1v) is 18.6. The van der Waals surface area contributed by atoms with Gasteiger partial charge in [-0.15, -0.1) is 11.6 Å². The number of pyridine rings is 2. The Morgan fingerprint density at radius 2 is 1.98 bits per heavy atom. The molecule has 9 nitrogen and oxygen atoms in total. The molecular weight excluding hydrogens is 716 g/mol. The van der Waals surface area contributed by atoms with Crippen LogP contribution in [0.1, 0.15) is 55.4 Å². The molecule has 1 aliphatic heterocycles. The lowest BCUT2D eigenvalue weighted by atomic mass is 9.73. The molecule has 3 heterocycles. The summed E-state index contributed by atoms with van der Waals surface area (Å²) in [5, 5.41) is 27.0. The van der Waals surface area contributed by atoms with Gasteiger partial charge in [0.2, 0.25) is 0 Å². The van der Waals surface area contributed by atoms with Crippen molar-refractivity contribution < 1.29 is 24.1 Å². The van der Waals surface area contributed by atoms with E-state index in [9.17, 15) is 15.0 Å². The van der Waals surface area contributed by atoms with E-state index < -0.39 is 27.7 Å². The second-order valence-corrected chi connectivity index (χ2v) is 15.3. The van der Waals surface area contributed by atoms with Crippen LogP contribution in [0.5, 0.6) is 5.75 Å².